The fraction of sp³-hybridized carbons (Fsp3) is 0.609. The zero-order chi connectivity index (χ0) is 18.4. The van der Waals surface area contributed by atoms with E-state index < -0.39 is 0 Å². The molecule has 2 saturated carbocycles. The van der Waals surface area contributed by atoms with Gasteiger partial charge in [-0.1, -0.05) is 68.0 Å². The number of carbonyl (C=O) groups excluding carboxylic acids is 1. The first kappa shape index (κ1) is 19.3. The number of benzene rings is 1. The van der Waals surface area contributed by atoms with E-state index in [0.29, 0.717) is 18.5 Å². The van der Waals surface area contributed by atoms with E-state index in [-0.39, 0.29) is 5.91 Å². The second kappa shape index (κ2) is 9.47. The SMILES string of the molecule is CC(=O)N(CC#Cc1ccc(C2CCCCC2)c(Cl)c1)C1CCCCC1. The van der Waals surface area contributed by atoms with Crippen LogP contribution >= 0.6 is 11.6 Å². The van der Waals surface area contributed by atoms with Gasteiger partial charge >= 0.3 is 0 Å². The highest BCUT2D eigenvalue weighted by atomic mass is 35.5. The van der Waals surface area contributed by atoms with Gasteiger partial charge in [0.25, 0.3) is 0 Å². The van der Waals surface area contributed by atoms with E-state index in [1.807, 2.05) is 11.0 Å². The fourth-order valence-electron chi connectivity index (χ4n) is 4.47. The quantitative estimate of drug-likeness (QED) is 0.604. The van der Waals surface area contributed by atoms with E-state index in [2.05, 4.69) is 24.0 Å². The van der Waals surface area contributed by atoms with Crippen molar-refractivity contribution in [2.24, 2.45) is 0 Å². The smallest absolute Gasteiger partial charge is 0.220 e. The molecule has 140 valence electrons. The van der Waals surface area contributed by atoms with Gasteiger partial charge in [0.05, 0.1) is 6.54 Å². The third-order valence-corrected chi connectivity index (χ3v) is 6.27. The van der Waals surface area contributed by atoms with Crippen LogP contribution in [-0.4, -0.2) is 23.4 Å². The summed E-state index contributed by atoms with van der Waals surface area (Å²) in [6, 6.07) is 6.61. The van der Waals surface area contributed by atoms with Crippen LogP contribution in [0.15, 0.2) is 18.2 Å². The van der Waals surface area contributed by atoms with Gasteiger partial charge in [0, 0.05) is 23.6 Å². The molecule has 0 atom stereocenters. The second-order valence-corrected chi connectivity index (χ2v) is 8.22. The highest BCUT2D eigenvalue weighted by molar-refractivity contribution is 6.31. The molecule has 2 nitrogen and oxygen atoms in total. The first-order valence-corrected chi connectivity index (χ1v) is 10.6. The Kier molecular flexibility index (Phi) is 7.03. The van der Waals surface area contributed by atoms with Gasteiger partial charge in [0.15, 0.2) is 0 Å². The van der Waals surface area contributed by atoms with Crippen molar-refractivity contribution in [3.05, 3.63) is 34.3 Å². The van der Waals surface area contributed by atoms with E-state index in [0.717, 1.165) is 23.4 Å². The third-order valence-electron chi connectivity index (χ3n) is 5.95. The maximum atomic E-state index is 12.0. The van der Waals surface area contributed by atoms with E-state index in [1.165, 1.54) is 56.9 Å². The lowest BCUT2D eigenvalue weighted by atomic mass is 9.84. The van der Waals surface area contributed by atoms with Crippen LogP contribution in [0.1, 0.15) is 88.2 Å². The summed E-state index contributed by atoms with van der Waals surface area (Å²) in [6.07, 6.45) is 12.4. The lowest BCUT2D eigenvalue weighted by Crippen LogP contribution is -2.40. The Hall–Kier alpha value is -1.46. The summed E-state index contributed by atoms with van der Waals surface area (Å²) in [4.78, 5) is 13.9. The van der Waals surface area contributed by atoms with Crippen molar-refractivity contribution in [2.75, 3.05) is 6.54 Å². The molecule has 0 N–H and O–H groups in total. The average Bonchev–Trinajstić information content (AvgIpc) is 2.66. The number of hydrogen-bond donors (Lipinski definition) is 0. The summed E-state index contributed by atoms with van der Waals surface area (Å²) in [5, 5.41) is 0.847. The molecule has 1 amide bonds. The molecule has 2 fully saturated rings. The van der Waals surface area contributed by atoms with Crippen LogP contribution in [0, 0.1) is 11.8 Å². The van der Waals surface area contributed by atoms with Crippen LogP contribution in [-0.2, 0) is 4.79 Å². The van der Waals surface area contributed by atoms with Crippen molar-refractivity contribution < 1.29 is 4.79 Å². The van der Waals surface area contributed by atoms with Gasteiger partial charge in [-0.05, 0) is 49.3 Å². The first-order valence-electron chi connectivity index (χ1n) is 10.2. The molecule has 0 unspecified atom stereocenters. The third kappa shape index (κ3) is 5.04. The van der Waals surface area contributed by atoms with Crippen molar-refractivity contribution in [3.8, 4) is 11.8 Å². The van der Waals surface area contributed by atoms with Crippen LogP contribution < -0.4 is 0 Å². The van der Waals surface area contributed by atoms with Crippen LogP contribution in [0.4, 0.5) is 0 Å². The Morgan fingerprint density at radius 1 is 1.08 bits per heavy atom. The Balaban J connectivity index is 1.64. The molecule has 0 radical (unpaired) electrons. The molecule has 0 aromatic heterocycles. The Morgan fingerprint density at radius 3 is 2.35 bits per heavy atom. The molecule has 2 aliphatic carbocycles. The van der Waals surface area contributed by atoms with E-state index in [1.54, 1.807) is 6.92 Å². The lowest BCUT2D eigenvalue weighted by molar-refractivity contribution is -0.131. The average molecular weight is 372 g/mol. The highest BCUT2D eigenvalue weighted by Gasteiger charge is 2.22. The number of hydrogen-bond acceptors (Lipinski definition) is 1. The summed E-state index contributed by atoms with van der Waals surface area (Å²) in [5.41, 5.74) is 2.23. The Morgan fingerprint density at radius 2 is 1.73 bits per heavy atom. The Bertz CT molecular complexity index is 675. The topological polar surface area (TPSA) is 20.3 Å². The van der Waals surface area contributed by atoms with Crippen molar-refractivity contribution in [1.82, 2.24) is 4.90 Å². The molecule has 0 spiro atoms. The van der Waals surface area contributed by atoms with E-state index >= 15 is 0 Å². The fourth-order valence-corrected chi connectivity index (χ4v) is 4.80. The van der Waals surface area contributed by atoms with Gasteiger partial charge in [0.2, 0.25) is 5.91 Å². The maximum absolute atomic E-state index is 12.0. The molecule has 0 bridgehead atoms. The molecule has 1 aromatic carbocycles. The minimum Gasteiger partial charge on any atom is -0.329 e. The molecule has 0 aliphatic heterocycles. The number of amides is 1. The summed E-state index contributed by atoms with van der Waals surface area (Å²) < 4.78 is 0. The number of nitrogens with zero attached hydrogens (tertiary/aromatic N) is 1. The monoisotopic (exact) mass is 371 g/mol. The van der Waals surface area contributed by atoms with Crippen molar-refractivity contribution >= 4 is 17.5 Å². The zero-order valence-corrected chi connectivity index (χ0v) is 16.7. The summed E-state index contributed by atoms with van der Waals surface area (Å²) in [6.45, 7) is 2.17. The molecule has 2 aliphatic rings. The van der Waals surface area contributed by atoms with Gasteiger partial charge in [-0.15, -0.1) is 0 Å². The molecule has 3 rings (SSSR count). The summed E-state index contributed by atoms with van der Waals surface area (Å²) >= 11 is 6.54. The van der Waals surface area contributed by atoms with Crippen LogP contribution in [0.2, 0.25) is 5.02 Å². The van der Waals surface area contributed by atoms with Gasteiger partial charge < -0.3 is 4.90 Å². The summed E-state index contributed by atoms with van der Waals surface area (Å²) in [7, 11) is 0. The molecule has 0 saturated heterocycles. The first-order chi connectivity index (χ1) is 12.6. The van der Waals surface area contributed by atoms with E-state index in [4.69, 9.17) is 11.6 Å². The van der Waals surface area contributed by atoms with Crippen molar-refractivity contribution in [1.29, 1.82) is 0 Å². The predicted octanol–water partition coefficient (Wildman–Crippen LogP) is 5.92. The van der Waals surface area contributed by atoms with Crippen molar-refractivity contribution in [3.63, 3.8) is 0 Å². The normalized spacial score (nSPS) is 18.8. The molecule has 1 aromatic rings. The second-order valence-electron chi connectivity index (χ2n) is 7.81. The largest absolute Gasteiger partial charge is 0.329 e. The molecular formula is C23H30ClNO. The molecule has 0 heterocycles. The number of carbonyl (C=O) groups is 1. The van der Waals surface area contributed by atoms with Crippen LogP contribution in [0.5, 0.6) is 0 Å². The van der Waals surface area contributed by atoms with Crippen LogP contribution in [0.3, 0.4) is 0 Å². The van der Waals surface area contributed by atoms with Gasteiger partial charge in [-0.25, -0.2) is 0 Å². The lowest BCUT2D eigenvalue weighted by Gasteiger charge is -2.32. The van der Waals surface area contributed by atoms with Gasteiger partial charge in [-0.2, -0.15) is 0 Å². The standard InChI is InChI=1S/C23H30ClNO/c1-18(26)25(21-12-6-3-7-13-21)16-8-9-19-14-15-22(23(24)17-19)20-10-4-2-5-11-20/h14-15,17,20-21H,2-7,10-13,16H2,1H3. The highest BCUT2D eigenvalue weighted by Crippen LogP contribution is 2.36. The molecule has 3 heteroatoms. The van der Waals surface area contributed by atoms with Gasteiger partial charge in [-0.3, -0.25) is 4.79 Å². The maximum Gasteiger partial charge on any atom is 0.220 e. The van der Waals surface area contributed by atoms with Crippen LogP contribution in [0.25, 0.3) is 0 Å². The minimum absolute atomic E-state index is 0.136. The van der Waals surface area contributed by atoms with Crippen molar-refractivity contribution in [2.45, 2.75) is 83.1 Å². The van der Waals surface area contributed by atoms with E-state index in [9.17, 15) is 4.79 Å². The number of halogens is 1. The predicted molar refractivity (Wildman–Crippen MR) is 108 cm³/mol. The number of rotatable bonds is 3. The minimum atomic E-state index is 0.136. The summed E-state index contributed by atoms with van der Waals surface area (Å²) in [5.74, 6) is 7.16. The van der Waals surface area contributed by atoms with Gasteiger partial charge in [0.1, 0.15) is 0 Å². The molecule has 26 heavy (non-hydrogen) atoms. The zero-order valence-electron chi connectivity index (χ0n) is 15.9. The Labute approximate surface area is 163 Å². The molecular weight excluding hydrogens is 342 g/mol.